The molecule has 1 atom stereocenters. The third-order valence-corrected chi connectivity index (χ3v) is 2.75. The van der Waals surface area contributed by atoms with Gasteiger partial charge in [0.05, 0.1) is 5.69 Å². The van der Waals surface area contributed by atoms with E-state index in [1.165, 1.54) is 11.1 Å². The quantitative estimate of drug-likeness (QED) is 0.707. The minimum atomic E-state index is 0.0861. The Balaban J connectivity index is 1.79. The molecule has 0 saturated carbocycles. The third kappa shape index (κ3) is 1.68. The first-order chi connectivity index (χ1) is 7.84. The lowest BCUT2D eigenvalue weighted by Gasteiger charge is -1.99. The third-order valence-electron chi connectivity index (χ3n) is 2.75. The van der Waals surface area contributed by atoms with Crippen LogP contribution >= 0.6 is 0 Å². The van der Waals surface area contributed by atoms with E-state index < -0.39 is 0 Å². The van der Waals surface area contributed by atoms with Gasteiger partial charge in [0.25, 0.3) is 0 Å². The van der Waals surface area contributed by atoms with E-state index in [1.54, 1.807) is 0 Å². The number of benzene rings is 2. The van der Waals surface area contributed by atoms with Crippen molar-refractivity contribution in [1.82, 2.24) is 0 Å². The standard InChI is InChI=1S/C14H13NO/c1-11-7-9-12(10-8-11)14-15(16-14)13-5-3-2-4-6-13/h2-10,14H,1H3. The van der Waals surface area contributed by atoms with Gasteiger partial charge in [0.15, 0.2) is 0 Å². The average Bonchev–Trinajstić information content (AvgIpc) is 3.11. The smallest absolute Gasteiger partial charge is 0.206 e. The Morgan fingerprint density at radius 2 is 1.62 bits per heavy atom. The summed E-state index contributed by atoms with van der Waals surface area (Å²) in [7, 11) is 0. The van der Waals surface area contributed by atoms with Crippen LogP contribution in [-0.4, -0.2) is 0 Å². The van der Waals surface area contributed by atoms with Crippen LogP contribution in [0.25, 0.3) is 0 Å². The highest BCUT2D eigenvalue weighted by Crippen LogP contribution is 2.41. The van der Waals surface area contributed by atoms with Crippen molar-refractivity contribution < 1.29 is 4.84 Å². The Bertz CT molecular complexity index is 478. The molecule has 1 saturated heterocycles. The van der Waals surface area contributed by atoms with E-state index in [0.29, 0.717) is 0 Å². The van der Waals surface area contributed by atoms with Crippen LogP contribution in [0.5, 0.6) is 0 Å². The van der Waals surface area contributed by atoms with Gasteiger partial charge in [-0.05, 0) is 19.1 Å². The van der Waals surface area contributed by atoms with Crippen molar-refractivity contribution in [2.75, 3.05) is 5.06 Å². The van der Waals surface area contributed by atoms with Crippen molar-refractivity contribution >= 4 is 5.69 Å². The van der Waals surface area contributed by atoms with Crippen LogP contribution in [0, 0.1) is 6.92 Å². The molecule has 0 bridgehead atoms. The molecular weight excluding hydrogens is 198 g/mol. The van der Waals surface area contributed by atoms with Crippen LogP contribution in [0.2, 0.25) is 0 Å². The molecule has 3 rings (SSSR count). The van der Waals surface area contributed by atoms with E-state index in [9.17, 15) is 0 Å². The number of para-hydroxylation sites is 1. The molecule has 0 spiro atoms. The maximum atomic E-state index is 5.56. The molecule has 1 aliphatic rings. The van der Waals surface area contributed by atoms with Gasteiger partial charge in [-0.3, -0.25) is 0 Å². The molecule has 0 aliphatic carbocycles. The van der Waals surface area contributed by atoms with E-state index in [2.05, 4.69) is 31.2 Å². The highest BCUT2D eigenvalue weighted by atomic mass is 16.8. The van der Waals surface area contributed by atoms with Crippen LogP contribution in [0.4, 0.5) is 5.69 Å². The Hall–Kier alpha value is -1.80. The predicted octanol–water partition coefficient (Wildman–Crippen LogP) is 3.45. The number of aryl methyl sites for hydroxylation is 1. The summed E-state index contributed by atoms with van der Waals surface area (Å²) in [5.41, 5.74) is 3.58. The number of anilines is 1. The zero-order chi connectivity index (χ0) is 11.0. The molecule has 1 aliphatic heterocycles. The van der Waals surface area contributed by atoms with Gasteiger partial charge in [0.2, 0.25) is 6.23 Å². The molecule has 1 heterocycles. The highest BCUT2D eigenvalue weighted by molar-refractivity contribution is 5.49. The molecule has 16 heavy (non-hydrogen) atoms. The highest BCUT2D eigenvalue weighted by Gasteiger charge is 2.38. The molecule has 0 N–H and O–H groups in total. The molecule has 2 aromatic rings. The van der Waals surface area contributed by atoms with Gasteiger partial charge in [-0.15, -0.1) is 0 Å². The topological polar surface area (TPSA) is 15.5 Å². The summed E-state index contributed by atoms with van der Waals surface area (Å²) in [4.78, 5) is 5.56. The maximum absolute atomic E-state index is 5.56. The van der Waals surface area contributed by atoms with Gasteiger partial charge in [-0.2, -0.15) is 0 Å². The monoisotopic (exact) mass is 211 g/mol. The van der Waals surface area contributed by atoms with Crippen LogP contribution in [0.1, 0.15) is 17.4 Å². The van der Waals surface area contributed by atoms with E-state index in [1.807, 2.05) is 35.4 Å². The molecule has 2 aromatic carbocycles. The SMILES string of the molecule is Cc1ccc(C2ON2c2ccccc2)cc1. The van der Waals surface area contributed by atoms with Crippen LogP contribution < -0.4 is 5.06 Å². The minimum absolute atomic E-state index is 0.0861. The van der Waals surface area contributed by atoms with E-state index in [-0.39, 0.29) is 6.23 Å². The van der Waals surface area contributed by atoms with Crippen molar-refractivity contribution in [3.05, 3.63) is 65.7 Å². The molecule has 2 nitrogen and oxygen atoms in total. The number of hydrogen-bond acceptors (Lipinski definition) is 2. The molecule has 2 heteroatoms. The summed E-state index contributed by atoms with van der Waals surface area (Å²) >= 11 is 0. The second-order valence-electron chi connectivity index (χ2n) is 4.03. The zero-order valence-corrected chi connectivity index (χ0v) is 9.13. The summed E-state index contributed by atoms with van der Waals surface area (Å²) in [6.07, 6.45) is 0.0861. The van der Waals surface area contributed by atoms with Crippen LogP contribution in [0.3, 0.4) is 0 Å². The summed E-state index contributed by atoms with van der Waals surface area (Å²) in [5.74, 6) is 0. The molecular formula is C14H13NO. The van der Waals surface area contributed by atoms with Crippen molar-refractivity contribution in [1.29, 1.82) is 0 Å². The van der Waals surface area contributed by atoms with Crippen LogP contribution in [-0.2, 0) is 4.84 Å². The molecule has 1 fully saturated rings. The summed E-state index contributed by atoms with van der Waals surface area (Å²) in [5, 5.41) is 1.92. The van der Waals surface area contributed by atoms with Gasteiger partial charge in [-0.25, -0.2) is 9.90 Å². The summed E-state index contributed by atoms with van der Waals surface area (Å²) in [6, 6.07) is 18.6. The van der Waals surface area contributed by atoms with Crippen molar-refractivity contribution in [3.63, 3.8) is 0 Å². The van der Waals surface area contributed by atoms with Gasteiger partial charge < -0.3 is 0 Å². The Kier molecular flexibility index (Phi) is 2.15. The normalized spacial score (nSPS) is 18.6. The average molecular weight is 211 g/mol. The lowest BCUT2D eigenvalue weighted by Crippen LogP contribution is -1.93. The molecule has 0 amide bonds. The zero-order valence-electron chi connectivity index (χ0n) is 9.13. The number of hydroxylamine groups is 1. The number of rotatable bonds is 2. The van der Waals surface area contributed by atoms with Gasteiger partial charge >= 0.3 is 0 Å². The second-order valence-corrected chi connectivity index (χ2v) is 4.03. The fraction of sp³-hybridized carbons (Fsp3) is 0.143. The number of hydrogen-bond donors (Lipinski definition) is 0. The molecule has 1 unspecified atom stereocenters. The first-order valence-corrected chi connectivity index (χ1v) is 5.42. The predicted molar refractivity (Wildman–Crippen MR) is 63.9 cm³/mol. The summed E-state index contributed by atoms with van der Waals surface area (Å²) in [6.45, 7) is 2.09. The lowest BCUT2D eigenvalue weighted by atomic mass is 10.1. The Morgan fingerprint density at radius 1 is 0.938 bits per heavy atom. The van der Waals surface area contributed by atoms with E-state index in [0.717, 1.165) is 5.69 Å². The largest absolute Gasteiger partial charge is 0.238 e. The lowest BCUT2D eigenvalue weighted by molar-refractivity contribution is 0.402. The number of nitrogens with zero attached hydrogens (tertiary/aromatic N) is 1. The summed E-state index contributed by atoms with van der Waals surface area (Å²) < 4.78 is 0. The Labute approximate surface area is 95.0 Å². The van der Waals surface area contributed by atoms with Gasteiger partial charge in [0.1, 0.15) is 0 Å². The van der Waals surface area contributed by atoms with Crippen molar-refractivity contribution in [3.8, 4) is 0 Å². The van der Waals surface area contributed by atoms with Crippen LogP contribution in [0.15, 0.2) is 54.6 Å². The first-order valence-electron chi connectivity index (χ1n) is 5.42. The fourth-order valence-corrected chi connectivity index (χ4v) is 1.78. The molecule has 0 aromatic heterocycles. The minimum Gasteiger partial charge on any atom is -0.238 e. The van der Waals surface area contributed by atoms with E-state index >= 15 is 0 Å². The molecule has 80 valence electrons. The Morgan fingerprint density at radius 3 is 2.31 bits per heavy atom. The van der Waals surface area contributed by atoms with Gasteiger partial charge in [0, 0.05) is 5.56 Å². The van der Waals surface area contributed by atoms with Gasteiger partial charge in [-0.1, -0.05) is 48.0 Å². The van der Waals surface area contributed by atoms with E-state index in [4.69, 9.17) is 4.84 Å². The van der Waals surface area contributed by atoms with Crippen molar-refractivity contribution in [2.45, 2.75) is 13.2 Å². The fourth-order valence-electron chi connectivity index (χ4n) is 1.78. The first kappa shape index (κ1) is 9.43. The van der Waals surface area contributed by atoms with Crippen molar-refractivity contribution in [2.24, 2.45) is 0 Å². The molecule has 0 radical (unpaired) electrons. The maximum Gasteiger partial charge on any atom is 0.206 e. The second kappa shape index (κ2) is 3.65.